The molecule has 0 spiro atoms. The zero-order valence-corrected chi connectivity index (χ0v) is 7.15. The molecule has 0 aliphatic heterocycles. The number of hydrogen-bond acceptors (Lipinski definition) is 3. The number of nitrogens with zero attached hydrogens (tertiary/aromatic N) is 2. The van der Waals surface area contributed by atoms with Crippen LogP contribution in [0.3, 0.4) is 0 Å². The van der Waals surface area contributed by atoms with Crippen molar-refractivity contribution in [1.82, 2.24) is 9.97 Å². The minimum Gasteiger partial charge on any atom is -0.299 e. The second-order valence-corrected chi connectivity index (χ2v) is 2.67. The molecule has 3 nitrogen and oxygen atoms in total. The Labute approximate surface area is 72.3 Å². The van der Waals surface area contributed by atoms with Crippen LogP contribution in [0.15, 0.2) is 22.9 Å². The molecule has 0 radical (unpaired) electrons. The molecule has 0 bridgehead atoms. The number of halogens is 1. The van der Waals surface area contributed by atoms with Gasteiger partial charge in [0.25, 0.3) is 0 Å². The van der Waals surface area contributed by atoms with Crippen LogP contribution in [0.1, 0.15) is 5.82 Å². The second kappa shape index (κ2) is 3.98. The van der Waals surface area contributed by atoms with Crippen molar-refractivity contribution < 1.29 is 4.79 Å². The summed E-state index contributed by atoms with van der Waals surface area (Å²) in [5, 5.41) is 0. The minimum absolute atomic E-state index is 0.528. The average Bonchev–Trinajstić information content (AvgIpc) is 2.04. The van der Waals surface area contributed by atoms with Gasteiger partial charge in [0.05, 0.1) is 4.47 Å². The Balaban J connectivity index is 2.81. The van der Waals surface area contributed by atoms with Gasteiger partial charge in [-0.05, 0) is 28.1 Å². The van der Waals surface area contributed by atoms with Gasteiger partial charge in [0.2, 0.25) is 0 Å². The smallest absolute Gasteiger partial charge is 0.151 e. The van der Waals surface area contributed by atoms with Crippen molar-refractivity contribution >= 4 is 28.3 Å². The summed E-state index contributed by atoms with van der Waals surface area (Å²) in [6, 6.07) is 0. The maximum absolute atomic E-state index is 9.89. The lowest BCUT2D eigenvalue weighted by molar-refractivity contribution is -0.104. The summed E-state index contributed by atoms with van der Waals surface area (Å²) >= 11 is 3.19. The summed E-state index contributed by atoms with van der Waals surface area (Å²) in [5.74, 6) is 0.528. The molecule has 0 aliphatic rings. The van der Waals surface area contributed by atoms with E-state index in [0.717, 1.165) is 4.47 Å². The van der Waals surface area contributed by atoms with Crippen molar-refractivity contribution in [3.63, 3.8) is 0 Å². The monoisotopic (exact) mass is 212 g/mol. The van der Waals surface area contributed by atoms with E-state index in [0.29, 0.717) is 12.1 Å². The van der Waals surface area contributed by atoms with Crippen LogP contribution in [0.4, 0.5) is 0 Å². The fraction of sp³-hybridized carbons (Fsp3) is 0. The van der Waals surface area contributed by atoms with Gasteiger partial charge in [-0.3, -0.25) is 4.79 Å². The predicted octanol–water partition coefficient (Wildman–Crippen LogP) is 1.45. The van der Waals surface area contributed by atoms with Crippen LogP contribution in [0.25, 0.3) is 6.08 Å². The molecule has 0 aromatic carbocycles. The van der Waals surface area contributed by atoms with Crippen LogP contribution in [-0.4, -0.2) is 16.3 Å². The SMILES string of the molecule is O=CC=Cc1ncc(Br)cn1. The quantitative estimate of drug-likeness (QED) is 0.551. The zero-order valence-electron chi connectivity index (χ0n) is 5.57. The van der Waals surface area contributed by atoms with Gasteiger partial charge in [-0.15, -0.1) is 0 Å². The molecule has 0 N–H and O–H groups in total. The molecule has 0 amide bonds. The molecule has 0 saturated heterocycles. The Hall–Kier alpha value is -1.03. The molecule has 11 heavy (non-hydrogen) atoms. The first kappa shape index (κ1) is 8.07. The highest BCUT2D eigenvalue weighted by atomic mass is 79.9. The largest absolute Gasteiger partial charge is 0.299 e. The standard InChI is InChI=1S/C7H5BrN2O/c8-6-4-9-7(10-5-6)2-1-3-11/h1-5H. The number of allylic oxidation sites excluding steroid dienone is 1. The Morgan fingerprint density at radius 2 is 2.00 bits per heavy atom. The van der Waals surface area contributed by atoms with E-state index in [1.54, 1.807) is 18.5 Å². The van der Waals surface area contributed by atoms with Crippen LogP contribution in [0, 0.1) is 0 Å². The first-order valence-electron chi connectivity index (χ1n) is 2.92. The van der Waals surface area contributed by atoms with E-state index in [-0.39, 0.29) is 0 Å². The lowest BCUT2D eigenvalue weighted by Crippen LogP contribution is -1.84. The van der Waals surface area contributed by atoms with E-state index in [9.17, 15) is 4.79 Å². The number of rotatable bonds is 2. The van der Waals surface area contributed by atoms with Crippen LogP contribution in [0.2, 0.25) is 0 Å². The third-order valence-electron chi connectivity index (χ3n) is 0.964. The van der Waals surface area contributed by atoms with Crippen molar-refractivity contribution in [2.75, 3.05) is 0 Å². The van der Waals surface area contributed by atoms with Crippen LogP contribution in [0.5, 0.6) is 0 Å². The number of carbonyl (C=O) groups excluding carboxylic acids is 1. The van der Waals surface area contributed by atoms with Crippen LogP contribution < -0.4 is 0 Å². The highest BCUT2D eigenvalue weighted by molar-refractivity contribution is 9.10. The van der Waals surface area contributed by atoms with Crippen molar-refractivity contribution in [2.45, 2.75) is 0 Å². The Bertz CT molecular complexity index is 268. The molecular formula is C7H5BrN2O. The maximum Gasteiger partial charge on any atom is 0.151 e. The molecule has 1 heterocycles. The van der Waals surface area contributed by atoms with Crippen molar-refractivity contribution in [3.05, 3.63) is 28.8 Å². The lowest BCUT2D eigenvalue weighted by atomic mass is 10.5. The number of carbonyl (C=O) groups is 1. The van der Waals surface area contributed by atoms with Gasteiger partial charge in [-0.25, -0.2) is 9.97 Å². The summed E-state index contributed by atoms with van der Waals surface area (Å²) in [6.45, 7) is 0. The Morgan fingerprint density at radius 3 is 2.55 bits per heavy atom. The van der Waals surface area contributed by atoms with Gasteiger partial charge in [0, 0.05) is 12.4 Å². The fourth-order valence-corrected chi connectivity index (χ4v) is 0.738. The summed E-state index contributed by atoms with van der Waals surface area (Å²) in [4.78, 5) is 17.7. The third kappa shape index (κ3) is 2.59. The first-order chi connectivity index (χ1) is 5.33. The Kier molecular flexibility index (Phi) is 2.92. The van der Waals surface area contributed by atoms with E-state index >= 15 is 0 Å². The van der Waals surface area contributed by atoms with Crippen molar-refractivity contribution in [1.29, 1.82) is 0 Å². The maximum atomic E-state index is 9.89. The van der Waals surface area contributed by atoms with E-state index in [4.69, 9.17) is 0 Å². The number of aldehydes is 1. The van der Waals surface area contributed by atoms with Crippen molar-refractivity contribution in [3.8, 4) is 0 Å². The molecule has 0 atom stereocenters. The summed E-state index contributed by atoms with van der Waals surface area (Å²) in [6.07, 6.45) is 6.82. The van der Waals surface area contributed by atoms with Gasteiger partial charge in [-0.1, -0.05) is 0 Å². The normalized spacial score (nSPS) is 10.3. The van der Waals surface area contributed by atoms with Gasteiger partial charge in [0.1, 0.15) is 6.29 Å². The molecule has 0 saturated carbocycles. The highest BCUT2D eigenvalue weighted by Crippen LogP contribution is 2.04. The van der Waals surface area contributed by atoms with E-state index in [1.165, 1.54) is 6.08 Å². The van der Waals surface area contributed by atoms with Crippen LogP contribution in [-0.2, 0) is 4.79 Å². The highest BCUT2D eigenvalue weighted by Gasteiger charge is 1.88. The zero-order chi connectivity index (χ0) is 8.10. The van der Waals surface area contributed by atoms with Gasteiger partial charge in [0.15, 0.2) is 5.82 Å². The summed E-state index contributed by atoms with van der Waals surface area (Å²) < 4.78 is 0.820. The summed E-state index contributed by atoms with van der Waals surface area (Å²) in [5.41, 5.74) is 0. The molecule has 1 rings (SSSR count). The molecular weight excluding hydrogens is 208 g/mol. The first-order valence-corrected chi connectivity index (χ1v) is 3.71. The van der Waals surface area contributed by atoms with Gasteiger partial charge in [-0.2, -0.15) is 0 Å². The van der Waals surface area contributed by atoms with E-state index in [2.05, 4.69) is 25.9 Å². The minimum atomic E-state index is 0.528. The van der Waals surface area contributed by atoms with Crippen LogP contribution >= 0.6 is 15.9 Å². The van der Waals surface area contributed by atoms with Crippen molar-refractivity contribution in [2.24, 2.45) is 0 Å². The second-order valence-electron chi connectivity index (χ2n) is 1.75. The summed E-state index contributed by atoms with van der Waals surface area (Å²) in [7, 11) is 0. The predicted molar refractivity (Wildman–Crippen MR) is 44.8 cm³/mol. The lowest BCUT2D eigenvalue weighted by Gasteiger charge is -1.89. The van der Waals surface area contributed by atoms with E-state index < -0.39 is 0 Å². The third-order valence-corrected chi connectivity index (χ3v) is 1.37. The molecule has 0 fully saturated rings. The fourth-order valence-electron chi connectivity index (χ4n) is 0.534. The van der Waals surface area contributed by atoms with Gasteiger partial charge >= 0.3 is 0 Å². The average molecular weight is 213 g/mol. The number of hydrogen-bond donors (Lipinski definition) is 0. The number of aromatic nitrogens is 2. The van der Waals surface area contributed by atoms with E-state index in [1.807, 2.05) is 0 Å². The molecule has 0 unspecified atom stereocenters. The molecule has 56 valence electrons. The topological polar surface area (TPSA) is 42.9 Å². The Morgan fingerprint density at radius 1 is 1.36 bits per heavy atom. The molecule has 1 aromatic heterocycles. The molecule has 4 heteroatoms. The van der Waals surface area contributed by atoms with Gasteiger partial charge < -0.3 is 0 Å². The molecule has 1 aromatic rings. The molecule has 0 aliphatic carbocycles.